The van der Waals surface area contributed by atoms with E-state index in [2.05, 4.69) is 0 Å². The van der Waals surface area contributed by atoms with Crippen LogP contribution in [0.4, 0.5) is 0 Å². The molecule has 7 heavy (non-hydrogen) atoms. The molecule has 0 unspecified atom stereocenters. The maximum absolute atomic E-state index is 8.88. The van der Waals surface area contributed by atoms with E-state index in [1.165, 1.54) is 0 Å². The topological polar surface area (TPSA) is 77.8 Å². The van der Waals surface area contributed by atoms with Crippen LogP contribution >= 0.6 is 7.82 Å². The van der Waals surface area contributed by atoms with Crippen molar-refractivity contribution in [2.24, 2.45) is 0 Å². The molecule has 0 saturated carbocycles. The predicted octanol–water partition coefficient (Wildman–Crippen LogP) is -6.92. The second-order valence-corrected chi connectivity index (χ2v) is 1.54. The Morgan fingerprint density at radius 3 is 1.14 bits per heavy atom. The Morgan fingerprint density at radius 1 is 1.14 bits per heavy atom. The van der Waals surface area contributed by atoms with Crippen molar-refractivity contribution in [3.63, 3.8) is 0 Å². The van der Waals surface area contributed by atoms with E-state index >= 15 is 0 Å². The molecule has 0 saturated heterocycles. The number of hydrogen-bond donors (Lipinski definition) is 3. The maximum atomic E-state index is 8.88. The summed E-state index contributed by atoms with van der Waals surface area (Å²) in [6.45, 7) is 0. The Balaban J connectivity index is -0.0000000800. The van der Waals surface area contributed by atoms with Gasteiger partial charge in [-0.3, -0.25) is 0 Å². The fourth-order valence-electron chi connectivity index (χ4n) is 0. The molecule has 0 amide bonds. The Bertz CT molecular complexity index is 57.8. The van der Waals surface area contributed by atoms with Crippen LogP contribution in [-0.2, 0) is 4.57 Å². The number of phosphoric acid groups is 1. The molecule has 0 fully saturated rings. The standard InChI is InChI=1S/ClH.Cs.H3O4P/c;;1-5(2,3)4/h1H;;(H3,1,2,3,4)/q;+1;/p-1. The second-order valence-electron chi connectivity index (χ2n) is 0.513. The maximum Gasteiger partial charge on any atom is 1.00 e. The van der Waals surface area contributed by atoms with Crippen molar-refractivity contribution in [3.8, 4) is 0 Å². The van der Waals surface area contributed by atoms with Gasteiger partial charge in [-0.25, -0.2) is 4.57 Å². The van der Waals surface area contributed by atoms with E-state index in [0.717, 1.165) is 0 Å². The van der Waals surface area contributed by atoms with Crippen LogP contribution in [0.5, 0.6) is 0 Å². The van der Waals surface area contributed by atoms with Crippen LogP contribution in [0, 0.1) is 0 Å². The summed E-state index contributed by atoms with van der Waals surface area (Å²) in [5.74, 6) is 0. The molecule has 0 aromatic rings. The third-order valence-electron chi connectivity index (χ3n) is 0. The van der Waals surface area contributed by atoms with E-state index in [4.69, 9.17) is 19.2 Å². The SMILES string of the molecule is O=P(O)(O)O.[Cl-].[Cs+]. The summed E-state index contributed by atoms with van der Waals surface area (Å²) in [6, 6.07) is 0. The number of hydrogen-bond acceptors (Lipinski definition) is 1. The van der Waals surface area contributed by atoms with E-state index in [-0.39, 0.29) is 81.3 Å². The largest absolute Gasteiger partial charge is 1.00 e. The summed E-state index contributed by atoms with van der Waals surface area (Å²) in [5, 5.41) is 0. The number of halogens is 1. The van der Waals surface area contributed by atoms with Crippen molar-refractivity contribution in [2.75, 3.05) is 0 Å². The van der Waals surface area contributed by atoms with Crippen LogP contribution < -0.4 is 81.3 Å². The average Bonchev–Trinajstić information content (AvgIpc) is 0.722. The quantitative estimate of drug-likeness (QED) is 0.381. The van der Waals surface area contributed by atoms with Gasteiger partial charge in [0.1, 0.15) is 0 Å². The minimum Gasteiger partial charge on any atom is -1.00 e. The van der Waals surface area contributed by atoms with Crippen molar-refractivity contribution in [1.82, 2.24) is 0 Å². The Hall–Kier alpha value is 2.45. The molecule has 4 nitrogen and oxygen atoms in total. The van der Waals surface area contributed by atoms with Gasteiger partial charge >= 0.3 is 76.7 Å². The van der Waals surface area contributed by atoms with Gasteiger partial charge in [-0.1, -0.05) is 0 Å². The zero-order valence-corrected chi connectivity index (χ0v) is 11.5. The number of rotatable bonds is 0. The van der Waals surface area contributed by atoms with E-state index in [9.17, 15) is 0 Å². The van der Waals surface area contributed by atoms with E-state index < -0.39 is 7.82 Å². The first-order chi connectivity index (χ1) is 2.00. The zero-order valence-electron chi connectivity index (χ0n) is 3.58. The fourth-order valence-corrected chi connectivity index (χ4v) is 0. The molecule has 0 aliphatic heterocycles. The molecule has 0 spiro atoms. The Labute approximate surface area is 106 Å². The molecule has 0 bridgehead atoms. The van der Waals surface area contributed by atoms with E-state index in [1.807, 2.05) is 0 Å². The molecular weight excluding hydrogens is 263 g/mol. The first kappa shape index (κ1) is 16.2. The van der Waals surface area contributed by atoms with Crippen LogP contribution in [0.3, 0.4) is 0 Å². The first-order valence-corrected chi connectivity index (χ1v) is 2.35. The summed E-state index contributed by atoms with van der Waals surface area (Å²) < 4.78 is 8.88. The molecule has 0 heterocycles. The summed E-state index contributed by atoms with van der Waals surface area (Å²) in [7, 11) is -4.64. The molecule has 0 atom stereocenters. The second kappa shape index (κ2) is 6.57. The van der Waals surface area contributed by atoms with Gasteiger partial charge in [0, 0.05) is 0 Å². The molecule has 0 rings (SSSR count). The van der Waals surface area contributed by atoms with E-state index in [1.54, 1.807) is 0 Å². The summed E-state index contributed by atoms with van der Waals surface area (Å²) in [6.07, 6.45) is 0. The molecular formula is H3ClCsO4P. The molecule has 0 aliphatic rings. The van der Waals surface area contributed by atoms with Gasteiger partial charge in [-0.05, 0) is 0 Å². The van der Waals surface area contributed by atoms with Gasteiger partial charge in [-0.2, -0.15) is 0 Å². The molecule has 0 radical (unpaired) electrons. The summed E-state index contributed by atoms with van der Waals surface area (Å²) in [5.41, 5.74) is 0. The Morgan fingerprint density at radius 2 is 1.14 bits per heavy atom. The van der Waals surface area contributed by atoms with Crippen LogP contribution in [-0.4, -0.2) is 14.7 Å². The van der Waals surface area contributed by atoms with Gasteiger partial charge in [0.25, 0.3) is 0 Å². The van der Waals surface area contributed by atoms with Gasteiger partial charge in [0.15, 0.2) is 0 Å². The molecule has 3 N–H and O–H groups in total. The van der Waals surface area contributed by atoms with Gasteiger partial charge in [-0.15, -0.1) is 0 Å². The monoisotopic (exact) mass is 266 g/mol. The predicted molar refractivity (Wildman–Crippen MR) is 14.3 cm³/mol. The molecule has 0 aromatic heterocycles. The molecule has 7 heteroatoms. The van der Waals surface area contributed by atoms with Gasteiger partial charge in [0.2, 0.25) is 0 Å². The first-order valence-electron chi connectivity index (χ1n) is 0.783. The van der Waals surface area contributed by atoms with Crippen molar-refractivity contribution in [1.29, 1.82) is 0 Å². The Kier molecular flexibility index (Phi) is 15.2. The molecule has 0 aliphatic carbocycles. The fraction of sp³-hybridized carbons (Fsp3) is 0. The van der Waals surface area contributed by atoms with Crippen molar-refractivity contribution in [3.05, 3.63) is 0 Å². The molecule has 0 aromatic carbocycles. The van der Waals surface area contributed by atoms with Crippen molar-refractivity contribution in [2.45, 2.75) is 0 Å². The van der Waals surface area contributed by atoms with Crippen molar-refractivity contribution < 1.29 is 101 Å². The zero-order chi connectivity index (χ0) is 4.50. The van der Waals surface area contributed by atoms with E-state index in [0.29, 0.717) is 0 Å². The van der Waals surface area contributed by atoms with Gasteiger partial charge in [0.05, 0.1) is 0 Å². The third kappa shape index (κ3) is 58.5. The summed E-state index contributed by atoms with van der Waals surface area (Å²) in [4.78, 5) is 21.6. The van der Waals surface area contributed by atoms with Crippen LogP contribution in [0.1, 0.15) is 0 Å². The van der Waals surface area contributed by atoms with Crippen LogP contribution in [0.25, 0.3) is 0 Å². The van der Waals surface area contributed by atoms with Crippen LogP contribution in [0.2, 0.25) is 0 Å². The van der Waals surface area contributed by atoms with Crippen molar-refractivity contribution >= 4 is 7.82 Å². The minimum atomic E-state index is -4.64. The minimum absolute atomic E-state index is 0. The molecule has 40 valence electrons. The van der Waals surface area contributed by atoms with Gasteiger partial charge < -0.3 is 27.1 Å². The van der Waals surface area contributed by atoms with Crippen LogP contribution in [0.15, 0.2) is 0 Å². The average molecular weight is 266 g/mol. The normalized spacial score (nSPS) is 8.43. The summed E-state index contributed by atoms with van der Waals surface area (Å²) >= 11 is 0. The third-order valence-corrected chi connectivity index (χ3v) is 0. The smallest absolute Gasteiger partial charge is 1.00 e.